The van der Waals surface area contributed by atoms with E-state index in [1.807, 2.05) is 5.38 Å². The van der Waals surface area contributed by atoms with Gasteiger partial charge in [-0.3, -0.25) is 0 Å². The molecule has 0 spiro atoms. The number of thiazole rings is 1. The van der Waals surface area contributed by atoms with Gasteiger partial charge in [-0.05, 0) is 31.5 Å². The topological polar surface area (TPSA) is 61.1 Å². The second-order valence-electron chi connectivity index (χ2n) is 5.24. The normalized spacial score (nSPS) is 20.7. The van der Waals surface area contributed by atoms with Crippen LogP contribution in [0.1, 0.15) is 24.4 Å². The van der Waals surface area contributed by atoms with Crippen LogP contribution in [-0.2, 0) is 5.54 Å². The molecule has 0 unspecified atom stereocenters. The molecule has 1 atom stereocenters. The Morgan fingerprint density at radius 1 is 1.30 bits per heavy atom. The largest absolute Gasteiger partial charge is 0.341 e. The average Bonchev–Trinajstić information content (AvgIpc) is 3.04. The van der Waals surface area contributed by atoms with Crippen LogP contribution < -0.4 is 5.32 Å². The van der Waals surface area contributed by atoms with Crippen molar-refractivity contribution in [3.8, 4) is 6.07 Å². The molecule has 4 nitrogen and oxygen atoms in total. The summed E-state index contributed by atoms with van der Waals surface area (Å²) < 4.78 is 26.9. The summed E-state index contributed by atoms with van der Waals surface area (Å²) in [6, 6.07) is 5.68. The summed E-state index contributed by atoms with van der Waals surface area (Å²) in [7, 11) is 0. The Hall–Kier alpha value is -2.59. The Morgan fingerprint density at radius 3 is 2.70 bits per heavy atom. The molecule has 0 saturated carbocycles. The highest BCUT2D eigenvalue weighted by atomic mass is 32.1. The van der Waals surface area contributed by atoms with Gasteiger partial charge in [-0.15, -0.1) is 11.3 Å². The SMILES string of the molecule is CC1=C(C#N)[C@](C)(c2ccc(F)c(F)c2)N=C(c2nccs2)N1. The average molecular weight is 330 g/mol. The summed E-state index contributed by atoms with van der Waals surface area (Å²) in [5.41, 5.74) is 0.256. The van der Waals surface area contributed by atoms with Crippen LogP contribution in [0.15, 0.2) is 46.0 Å². The fourth-order valence-electron chi connectivity index (χ4n) is 2.55. The van der Waals surface area contributed by atoms with Crippen molar-refractivity contribution in [3.63, 3.8) is 0 Å². The maximum Gasteiger partial charge on any atom is 0.163 e. The first-order valence-corrected chi connectivity index (χ1v) is 7.67. The highest BCUT2D eigenvalue weighted by Gasteiger charge is 2.37. The molecule has 0 amide bonds. The number of nitriles is 1. The third-order valence-corrected chi connectivity index (χ3v) is 4.51. The van der Waals surface area contributed by atoms with Crippen LogP contribution in [0.2, 0.25) is 0 Å². The molecule has 1 aliphatic heterocycles. The molecule has 1 aromatic carbocycles. The number of amidine groups is 1. The van der Waals surface area contributed by atoms with Gasteiger partial charge in [0.2, 0.25) is 0 Å². The molecule has 3 rings (SSSR count). The minimum atomic E-state index is -1.11. The summed E-state index contributed by atoms with van der Waals surface area (Å²) in [5, 5.41) is 15.0. The standard InChI is InChI=1S/C16H12F2N4S/c1-9-11(8-19)16(2,10-3-4-12(17)13(18)7-10)22-14(21-9)15-20-5-6-23-15/h3-7H,1-2H3,(H,21,22)/t16-/m0/s1. The Labute approximate surface area is 135 Å². The Balaban J connectivity index is 2.20. The molecule has 0 saturated heterocycles. The van der Waals surface area contributed by atoms with E-state index in [0.717, 1.165) is 12.1 Å². The summed E-state index contributed by atoms with van der Waals surface area (Å²) in [6.07, 6.45) is 1.65. The second kappa shape index (κ2) is 5.56. The number of nitrogens with zero attached hydrogens (tertiary/aromatic N) is 3. The van der Waals surface area contributed by atoms with Gasteiger partial charge in [-0.1, -0.05) is 6.07 Å². The van der Waals surface area contributed by atoms with Crippen molar-refractivity contribution < 1.29 is 8.78 Å². The lowest BCUT2D eigenvalue weighted by atomic mass is 9.83. The maximum atomic E-state index is 13.7. The number of rotatable bonds is 2. The monoisotopic (exact) mass is 330 g/mol. The van der Waals surface area contributed by atoms with Crippen molar-refractivity contribution in [1.29, 1.82) is 5.26 Å². The Bertz CT molecular complexity index is 865. The molecule has 0 radical (unpaired) electrons. The highest BCUT2D eigenvalue weighted by Crippen LogP contribution is 2.38. The van der Waals surface area contributed by atoms with Crippen molar-refractivity contribution in [2.24, 2.45) is 4.99 Å². The third kappa shape index (κ3) is 2.51. The second-order valence-corrected chi connectivity index (χ2v) is 6.13. The highest BCUT2D eigenvalue weighted by molar-refractivity contribution is 7.11. The van der Waals surface area contributed by atoms with Crippen LogP contribution in [0.3, 0.4) is 0 Å². The zero-order valence-corrected chi connectivity index (χ0v) is 13.2. The van der Waals surface area contributed by atoms with Crippen molar-refractivity contribution in [2.75, 3.05) is 0 Å². The Morgan fingerprint density at radius 2 is 2.09 bits per heavy atom. The quantitative estimate of drug-likeness (QED) is 0.917. The number of nitrogens with one attached hydrogen (secondary N) is 1. The number of allylic oxidation sites excluding steroid dienone is 1. The summed E-state index contributed by atoms with van der Waals surface area (Å²) in [6.45, 7) is 3.45. The molecular formula is C16H12F2N4S. The van der Waals surface area contributed by atoms with E-state index in [-0.39, 0.29) is 0 Å². The molecule has 0 aliphatic carbocycles. The minimum absolute atomic E-state index is 0.351. The lowest BCUT2D eigenvalue weighted by molar-refractivity contribution is 0.499. The van der Waals surface area contributed by atoms with E-state index >= 15 is 0 Å². The van der Waals surface area contributed by atoms with Crippen LogP contribution >= 0.6 is 11.3 Å². The molecule has 1 aromatic heterocycles. The van der Waals surface area contributed by atoms with Crippen LogP contribution in [0.5, 0.6) is 0 Å². The van der Waals surface area contributed by atoms with E-state index in [4.69, 9.17) is 0 Å². The van der Waals surface area contributed by atoms with E-state index in [2.05, 4.69) is 21.4 Å². The zero-order chi connectivity index (χ0) is 16.6. The van der Waals surface area contributed by atoms with Crippen molar-refractivity contribution >= 4 is 17.2 Å². The smallest absolute Gasteiger partial charge is 0.163 e. The molecule has 2 heterocycles. The van der Waals surface area contributed by atoms with Gasteiger partial charge in [-0.2, -0.15) is 5.26 Å². The van der Waals surface area contributed by atoms with Gasteiger partial charge in [-0.25, -0.2) is 18.8 Å². The number of hydrogen-bond donors (Lipinski definition) is 1. The molecule has 2 aromatic rings. The van der Waals surface area contributed by atoms with Crippen LogP contribution in [0.4, 0.5) is 8.78 Å². The number of hydrogen-bond acceptors (Lipinski definition) is 5. The lowest BCUT2D eigenvalue weighted by Crippen LogP contribution is -2.37. The Kier molecular flexibility index (Phi) is 3.70. The van der Waals surface area contributed by atoms with Gasteiger partial charge >= 0.3 is 0 Å². The molecule has 116 valence electrons. The van der Waals surface area contributed by atoms with Crippen molar-refractivity contribution in [2.45, 2.75) is 19.4 Å². The maximum absolute atomic E-state index is 13.7. The van der Waals surface area contributed by atoms with Gasteiger partial charge in [0.05, 0.1) is 11.6 Å². The first-order valence-electron chi connectivity index (χ1n) is 6.79. The van der Waals surface area contributed by atoms with Crippen LogP contribution in [0.25, 0.3) is 0 Å². The van der Waals surface area contributed by atoms with Gasteiger partial charge in [0.15, 0.2) is 22.5 Å². The molecule has 23 heavy (non-hydrogen) atoms. The van der Waals surface area contributed by atoms with Gasteiger partial charge in [0.1, 0.15) is 5.54 Å². The molecule has 0 fully saturated rings. The third-order valence-electron chi connectivity index (χ3n) is 3.73. The first kappa shape index (κ1) is 15.3. The summed E-state index contributed by atoms with van der Waals surface area (Å²) in [5.74, 6) is -1.40. The summed E-state index contributed by atoms with van der Waals surface area (Å²) in [4.78, 5) is 8.79. The van der Waals surface area contributed by atoms with Crippen molar-refractivity contribution in [3.05, 3.63) is 63.3 Å². The number of benzene rings is 1. The number of aliphatic imine (C=N–C) groups is 1. The fourth-order valence-corrected chi connectivity index (χ4v) is 3.14. The molecule has 7 heteroatoms. The van der Waals surface area contributed by atoms with Crippen LogP contribution in [-0.4, -0.2) is 10.8 Å². The van der Waals surface area contributed by atoms with Gasteiger partial charge < -0.3 is 5.32 Å². The predicted molar refractivity (Wildman–Crippen MR) is 83.8 cm³/mol. The van der Waals surface area contributed by atoms with E-state index in [0.29, 0.717) is 27.7 Å². The van der Waals surface area contributed by atoms with E-state index in [9.17, 15) is 14.0 Å². The molecule has 1 N–H and O–H groups in total. The van der Waals surface area contributed by atoms with Crippen LogP contribution in [0, 0.1) is 23.0 Å². The minimum Gasteiger partial charge on any atom is -0.341 e. The molecule has 0 bridgehead atoms. The van der Waals surface area contributed by atoms with Crippen molar-refractivity contribution in [1.82, 2.24) is 10.3 Å². The number of halogens is 2. The first-order chi connectivity index (χ1) is 11.0. The fraction of sp³-hybridized carbons (Fsp3) is 0.188. The lowest BCUT2D eigenvalue weighted by Gasteiger charge is -2.32. The number of aromatic nitrogens is 1. The van der Waals surface area contributed by atoms with E-state index in [1.54, 1.807) is 20.0 Å². The molecular weight excluding hydrogens is 318 g/mol. The zero-order valence-electron chi connectivity index (χ0n) is 12.4. The van der Waals surface area contributed by atoms with Gasteiger partial charge in [0.25, 0.3) is 0 Å². The van der Waals surface area contributed by atoms with Gasteiger partial charge in [0, 0.05) is 17.3 Å². The van der Waals surface area contributed by atoms with E-state index < -0.39 is 17.2 Å². The summed E-state index contributed by atoms with van der Waals surface area (Å²) >= 11 is 1.40. The van der Waals surface area contributed by atoms with E-state index in [1.165, 1.54) is 17.4 Å². The molecule has 1 aliphatic rings. The predicted octanol–water partition coefficient (Wildman–Crippen LogP) is 3.48.